The molecule has 1 N–H and O–H groups in total. The van der Waals surface area contributed by atoms with E-state index in [-0.39, 0.29) is 23.2 Å². The molecule has 180 valence electrons. The number of anilines is 1. The van der Waals surface area contributed by atoms with Crippen LogP contribution in [0.2, 0.25) is 10.0 Å². The van der Waals surface area contributed by atoms with Crippen LogP contribution >= 0.6 is 23.2 Å². The Morgan fingerprint density at radius 2 is 1.70 bits per heavy atom. The Bertz CT molecular complexity index is 1090. The largest absolute Gasteiger partial charge is 0.355 e. The summed E-state index contributed by atoms with van der Waals surface area (Å²) in [6, 6.07) is 11.2. The Morgan fingerprint density at radius 1 is 1.06 bits per heavy atom. The number of hydrogen-bond donors (Lipinski definition) is 1. The van der Waals surface area contributed by atoms with Gasteiger partial charge in [0.2, 0.25) is 21.8 Å². The lowest BCUT2D eigenvalue weighted by Crippen LogP contribution is -2.52. The minimum absolute atomic E-state index is 0.0987. The molecule has 0 aliphatic rings. The fraction of sp³-hybridized carbons (Fsp3) is 0.391. The highest BCUT2D eigenvalue weighted by atomic mass is 35.5. The van der Waals surface area contributed by atoms with Gasteiger partial charge in [0.15, 0.2) is 0 Å². The van der Waals surface area contributed by atoms with Crippen molar-refractivity contribution >= 4 is 50.7 Å². The van der Waals surface area contributed by atoms with Gasteiger partial charge in [-0.3, -0.25) is 13.9 Å². The number of likely N-dealkylation sites (N-methyl/N-ethyl adjacent to an activating group) is 1. The molecule has 2 amide bonds. The number of sulfonamides is 1. The Balaban J connectivity index is 2.45. The number of carbonyl (C=O) groups is 2. The van der Waals surface area contributed by atoms with E-state index < -0.39 is 28.5 Å². The summed E-state index contributed by atoms with van der Waals surface area (Å²) in [5, 5.41) is 3.20. The zero-order chi connectivity index (χ0) is 24.8. The molecule has 0 aliphatic heterocycles. The van der Waals surface area contributed by atoms with E-state index in [1.807, 2.05) is 31.2 Å². The van der Waals surface area contributed by atoms with E-state index in [4.69, 9.17) is 23.2 Å². The summed E-state index contributed by atoms with van der Waals surface area (Å²) >= 11 is 12.2. The lowest BCUT2D eigenvalue weighted by molar-refractivity contribution is -0.140. The maximum atomic E-state index is 13.5. The molecule has 2 rings (SSSR count). The summed E-state index contributed by atoms with van der Waals surface area (Å²) < 4.78 is 26.1. The van der Waals surface area contributed by atoms with Crippen LogP contribution in [0.3, 0.4) is 0 Å². The van der Waals surface area contributed by atoms with Gasteiger partial charge in [-0.15, -0.1) is 0 Å². The number of aryl methyl sites for hydroxylation is 1. The fourth-order valence-corrected chi connectivity index (χ4v) is 4.80. The lowest BCUT2D eigenvalue weighted by atomic mass is 10.1. The zero-order valence-electron chi connectivity index (χ0n) is 19.1. The fourth-order valence-electron chi connectivity index (χ4n) is 3.38. The molecular formula is C23H29Cl2N3O4S. The summed E-state index contributed by atoms with van der Waals surface area (Å²) in [6.45, 7) is 5.61. The van der Waals surface area contributed by atoms with Gasteiger partial charge in [-0.25, -0.2) is 8.42 Å². The Morgan fingerprint density at radius 3 is 2.21 bits per heavy atom. The number of nitrogens with zero attached hydrogens (tertiary/aromatic N) is 2. The highest BCUT2D eigenvalue weighted by Crippen LogP contribution is 2.30. The van der Waals surface area contributed by atoms with Crippen molar-refractivity contribution in [3.05, 3.63) is 63.6 Å². The number of carbonyl (C=O) groups excluding carboxylic acids is 2. The molecule has 0 radical (unpaired) electrons. The average Bonchev–Trinajstić information content (AvgIpc) is 2.73. The molecule has 0 fully saturated rings. The molecule has 33 heavy (non-hydrogen) atoms. The van der Waals surface area contributed by atoms with Gasteiger partial charge in [0.25, 0.3) is 0 Å². The normalized spacial score (nSPS) is 12.2. The highest BCUT2D eigenvalue weighted by Gasteiger charge is 2.32. The third kappa shape index (κ3) is 7.35. The van der Waals surface area contributed by atoms with Crippen LogP contribution in [0.15, 0.2) is 42.5 Å². The second-order valence-electron chi connectivity index (χ2n) is 7.69. The van der Waals surface area contributed by atoms with Gasteiger partial charge >= 0.3 is 0 Å². The van der Waals surface area contributed by atoms with Crippen molar-refractivity contribution in [3.63, 3.8) is 0 Å². The molecule has 0 saturated carbocycles. The SMILES string of the molecule is CCNC(=O)C(CC)N(Cc1ccc(C)cc1)C(=O)CN(c1ccc(Cl)cc1Cl)S(C)(=O)=O. The van der Waals surface area contributed by atoms with Crippen LogP contribution in [0.5, 0.6) is 0 Å². The zero-order valence-corrected chi connectivity index (χ0v) is 21.5. The quantitative estimate of drug-likeness (QED) is 0.519. The van der Waals surface area contributed by atoms with Crippen LogP contribution < -0.4 is 9.62 Å². The summed E-state index contributed by atoms with van der Waals surface area (Å²) in [6.07, 6.45) is 1.36. The summed E-state index contributed by atoms with van der Waals surface area (Å²) in [5.41, 5.74) is 2.03. The summed E-state index contributed by atoms with van der Waals surface area (Å²) in [5.74, 6) is -0.819. The molecule has 2 aromatic rings. The van der Waals surface area contributed by atoms with Gasteiger partial charge < -0.3 is 10.2 Å². The van der Waals surface area contributed by atoms with Crippen LogP contribution in [0.4, 0.5) is 5.69 Å². The van der Waals surface area contributed by atoms with E-state index in [0.29, 0.717) is 18.0 Å². The molecule has 0 saturated heterocycles. The molecule has 0 aliphatic carbocycles. The van der Waals surface area contributed by atoms with Crippen LogP contribution in [0.1, 0.15) is 31.4 Å². The first-order chi connectivity index (χ1) is 15.5. The van der Waals surface area contributed by atoms with Crippen molar-refractivity contribution in [2.45, 2.75) is 39.8 Å². The van der Waals surface area contributed by atoms with Crippen molar-refractivity contribution in [2.24, 2.45) is 0 Å². The number of amides is 2. The first kappa shape index (κ1) is 27.0. The number of halogens is 2. The lowest BCUT2D eigenvalue weighted by Gasteiger charge is -2.33. The first-order valence-corrected chi connectivity index (χ1v) is 13.1. The van der Waals surface area contributed by atoms with E-state index in [0.717, 1.165) is 21.7 Å². The molecule has 10 heteroatoms. The van der Waals surface area contributed by atoms with Crippen molar-refractivity contribution in [2.75, 3.05) is 23.7 Å². The van der Waals surface area contributed by atoms with Crippen LogP contribution in [-0.2, 0) is 26.2 Å². The minimum Gasteiger partial charge on any atom is -0.355 e. The van der Waals surface area contributed by atoms with Crippen LogP contribution in [0.25, 0.3) is 0 Å². The monoisotopic (exact) mass is 513 g/mol. The second-order valence-corrected chi connectivity index (χ2v) is 10.4. The topological polar surface area (TPSA) is 86.8 Å². The van der Waals surface area contributed by atoms with Crippen molar-refractivity contribution in [1.29, 1.82) is 0 Å². The van der Waals surface area contributed by atoms with Crippen molar-refractivity contribution < 1.29 is 18.0 Å². The number of rotatable bonds is 10. The maximum absolute atomic E-state index is 13.5. The molecule has 0 aromatic heterocycles. The third-order valence-corrected chi connectivity index (χ3v) is 6.73. The van der Waals surface area contributed by atoms with Crippen molar-refractivity contribution in [3.8, 4) is 0 Å². The third-order valence-electron chi connectivity index (χ3n) is 5.07. The first-order valence-electron chi connectivity index (χ1n) is 10.5. The number of benzene rings is 2. The maximum Gasteiger partial charge on any atom is 0.244 e. The molecule has 2 aromatic carbocycles. The van der Waals surface area contributed by atoms with Gasteiger partial charge in [-0.1, -0.05) is 60.0 Å². The Kier molecular flexibility index (Phi) is 9.57. The van der Waals surface area contributed by atoms with Crippen LogP contribution in [-0.4, -0.2) is 50.5 Å². The van der Waals surface area contributed by atoms with E-state index in [9.17, 15) is 18.0 Å². The van der Waals surface area contributed by atoms with Gasteiger partial charge in [-0.2, -0.15) is 0 Å². The molecule has 0 spiro atoms. The molecular weight excluding hydrogens is 485 g/mol. The van der Waals surface area contributed by atoms with E-state index in [2.05, 4.69) is 5.32 Å². The predicted octanol–water partition coefficient (Wildman–Crippen LogP) is 4.01. The number of hydrogen-bond acceptors (Lipinski definition) is 4. The van der Waals surface area contributed by atoms with Crippen molar-refractivity contribution in [1.82, 2.24) is 10.2 Å². The van der Waals surface area contributed by atoms with E-state index >= 15 is 0 Å². The van der Waals surface area contributed by atoms with Gasteiger partial charge in [0.1, 0.15) is 12.6 Å². The summed E-state index contributed by atoms with van der Waals surface area (Å²) in [4.78, 5) is 27.7. The molecule has 1 atom stereocenters. The average molecular weight is 514 g/mol. The standard InChI is InChI=1S/C23H29Cl2N3O4S/c1-5-20(23(30)26-6-2)27(14-17-9-7-16(3)8-10-17)22(29)15-28(33(4,31)32)21-12-11-18(24)13-19(21)25/h7-13,20H,5-6,14-15H2,1-4H3,(H,26,30). The molecule has 1 unspecified atom stereocenters. The number of nitrogens with one attached hydrogen (secondary N) is 1. The molecule has 7 nitrogen and oxygen atoms in total. The van der Waals surface area contributed by atoms with Gasteiger partial charge in [0.05, 0.1) is 17.0 Å². The van der Waals surface area contributed by atoms with Crippen LogP contribution in [0, 0.1) is 6.92 Å². The minimum atomic E-state index is -3.87. The van der Waals surface area contributed by atoms with E-state index in [1.54, 1.807) is 13.8 Å². The smallest absolute Gasteiger partial charge is 0.244 e. The van der Waals surface area contributed by atoms with E-state index in [1.165, 1.54) is 23.1 Å². The second kappa shape index (κ2) is 11.7. The van der Waals surface area contributed by atoms with Gasteiger partial charge in [0, 0.05) is 18.1 Å². The van der Waals surface area contributed by atoms with Gasteiger partial charge in [-0.05, 0) is 44.0 Å². The Hall–Kier alpha value is -2.29. The highest BCUT2D eigenvalue weighted by molar-refractivity contribution is 7.92. The molecule has 0 bridgehead atoms. The Labute approximate surface area is 205 Å². The predicted molar refractivity (Wildman–Crippen MR) is 133 cm³/mol. The summed E-state index contributed by atoms with van der Waals surface area (Å²) in [7, 11) is -3.87. The molecule has 0 heterocycles.